The summed E-state index contributed by atoms with van der Waals surface area (Å²) >= 11 is 0. The Labute approximate surface area is 282 Å². The van der Waals surface area contributed by atoms with Crippen molar-refractivity contribution in [3.63, 3.8) is 0 Å². The molecule has 0 aliphatic carbocycles. The molecule has 0 spiro atoms. The molecule has 0 amide bonds. The Morgan fingerprint density at radius 1 is 0.327 bits per heavy atom. The molecule has 49 heavy (non-hydrogen) atoms. The monoisotopic (exact) mass is 624 g/mol. The zero-order chi connectivity index (χ0) is 32.1. The van der Waals surface area contributed by atoms with Crippen LogP contribution in [0.25, 0.3) is 88.0 Å². The highest BCUT2D eigenvalue weighted by molar-refractivity contribution is 6.25. The third-order valence-corrected chi connectivity index (χ3v) is 10.3. The van der Waals surface area contributed by atoms with Gasteiger partial charge < -0.3 is 13.9 Å². The number of rotatable bonds is 3. The molecule has 1 aliphatic heterocycles. The minimum atomic E-state index is 0.867. The summed E-state index contributed by atoms with van der Waals surface area (Å²) in [6.45, 7) is 0. The average Bonchev–Trinajstić information content (AvgIpc) is 3.68. The lowest BCUT2D eigenvalue weighted by Crippen LogP contribution is -2.01. The molecular formula is C46H28N2O. The van der Waals surface area contributed by atoms with Crippen molar-refractivity contribution in [3.8, 4) is 45.1 Å². The molecule has 0 atom stereocenters. The fraction of sp³-hybridized carbons (Fsp3) is 0. The van der Waals surface area contributed by atoms with Crippen molar-refractivity contribution >= 4 is 54.4 Å². The molecule has 3 heterocycles. The lowest BCUT2D eigenvalue weighted by molar-refractivity contribution is 0.487. The second kappa shape index (κ2) is 9.96. The highest BCUT2D eigenvalue weighted by Crippen LogP contribution is 2.51. The lowest BCUT2D eigenvalue weighted by atomic mass is 9.92. The molecule has 0 unspecified atom stereocenters. The zero-order valence-corrected chi connectivity index (χ0v) is 26.5. The Morgan fingerprint density at radius 2 is 1.00 bits per heavy atom. The highest BCUT2D eigenvalue weighted by atomic mass is 16.5. The van der Waals surface area contributed by atoms with Gasteiger partial charge in [-0.05, 0) is 70.6 Å². The van der Waals surface area contributed by atoms with Crippen LogP contribution in [0, 0.1) is 0 Å². The summed E-state index contributed by atoms with van der Waals surface area (Å²) < 4.78 is 11.7. The molecule has 2 aromatic heterocycles. The van der Waals surface area contributed by atoms with Crippen LogP contribution < -0.4 is 4.74 Å². The van der Waals surface area contributed by atoms with Gasteiger partial charge in [-0.3, -0.25) is 0 Å². The van der Waals surface area contributed by atoms with Crippen LogP contribution in [0.5, 0.6) is 11.5 Å². The Morgan fingerprint density at radius 3 is 1.84 bits per heavy atom. The molecule has 10 aromatic rings. The Kier molecular flexibility index (Phi) is 5.38. The number of para-hydroxylation sites is 3. The molecule has 11 rings (SSSR count). The van der Waals surface area contributed by atoms with Crippen LogP contribution in [0.2, 0.25) is 0 Å². The van der Waals surface area contributed by atoms with Gasteiger partial charge in [0.05, 0.1) is 22.1 Å². The molecule has 228 valence electrons. The van der Waals surface area contributed by atoms with E-state index in [4.69, 9.17) is 4.74 Å². The van der Waals surface area contributed by atoms with E-state index in [2.05, 4.69) is 179 Å². The Hall–Kier alpha value is -6.58. The second-order valence-electron chi connectivity index (χ2n) is 12.9. The van der Waals surface area contributed by atoms with Gasteiger partial charge in [-0.2, -0.15) is 0 Å². The molecule has 0 N–H and O–H groups in total. The summed E-state index contributed by atoms with van der Waals surface area (Å²) in [6, 6.07) is 61.1. The van der Waals surface area contributed by atoms with Crippen LogP contribution in [0.4, 0.5) is 0 Å². The number of hydrogen-bond donors (Lipinski definition) is 0. The molecule has 3 nitrogen and oxygen atoms in total. The van der Waals surface area contributed by atoms with Crippen molar-refractivity contribution in [3.05, 3.63) is 170 Å². The molecule has 0 saturated carbocycles. The van der Waals surface area contributed by atoms with Crippen molar-refractivity contribution in [2.75, 3.05) is 0 Å². The summed E-state index contributed by atoms with van der Waals surface area (Å²) in [4.78, 5) is 0. The van der Waals surface area contributed by atoms with Crippen molar-refractivity contribution in [1.29, 1.82) is 0 Å². The standard InChI is InChI=1S/C46H28N2O/c1-3-12-29(13-4-1)30-22-25-41-38(26-30)33-16-7-9-20-39(33)48(41)32-23-24-34-35-18-11-19-37-45-36-17-8-10-21-40(36)47(31-14-5-2-6-15-31)42(45)28-44(46(35)37)49-43(34)27-32/h1-28H. The SMILES string of the molecule is c1ccc(-c2ccc3c(c2)c2ccccc2n3-c2ccc3c(c2)Oc2cc4c(c5cccc-3c25)c2ccccc2n4-c2ccccc2)cc1. The van der Waals surface area contributed by atoms with Crippen LogP contribution >= 0.6 is 0 Å². The third kappa shape index (κ3) is 3.73. The van der Waals surface area contributed by atoms with E-state index in [-0.39, 0.29) is 0 Å². The molecular weight excluding hydrogens is 597 g/mol. The first-order chi connectivity index (χ1) is 24.3. The van der Waals surface area contributed by atoms with Crippen molar-refractivity contribution in [1.82, 2.24) is 9.13 Å². The van der Waals surface area contributed by atoms with E-state index >= 15 is 0 Å². The first-order valence-corrected chi connectivity index (χ1v) is 16.8. The average molecular weight is 625 g/mol. The van der Waals surface area contributed by atoms with E-state index in [1.165, 1.54) is 60.2 Å². The van der Waals surface area contributed by atoms with Gasteiger partial charge in [-0.15, -0.1) is 0 Å². The van der Waals surface area contributed by atoms with Crippen LogP contribution in [-0.4, -0.2) is 9.13 Å². The van der Waals surface area contributed by atoms with Crippen molar-refractivity contribution < 1.29 is 4.74 Å². The summed E-state index contributed by atoms with van der Waals surface area (Å²) in [5.74, 6) is 1.75. The van der Waals surface area contributed by atoms with Gasteiger partial charge in [0.25, 0.3) is 0 Å². The molecule has 8 aromatic carbocycles. The van der Waals surface area contributed by atoms with E-state index in [1.807, 2.05) is 0 Å². The predicted octanol–water partition coefficient (Wildman–Crippen LogP) is 12.5. The maximum Gasteiger partial charge on any atom is 0.138 e. The zero-order valence-electron chi connectivity index (χ0n) is 26.5. The maximum atomic E-state index is 6.96. The first-order valence-electron chi connectivity index (χ1n) is 16.8. The highest BCUT2D eigenvalue weighted by Gasteiger charge is 2.25. The smallest absolute Gasteiger partial charge is 0.138 e. The molecule has 1 aliphatic rings. The van der Waals surface area contributed by atoms with Gasteiger partial charge in [0.15, 0.2) is 0 Å². The third-order valence-electron chi connectivity index (χ3n) is 10.3. The van der Waals surface area contributed by atoms with Gasteiger partial charge in [0.1, 0.15) is 11.5 Å². The number of nitrogens with zero attached hydrogens (tertiary/aromatic N) is 2. The lowest BCUT2D eigenvalue weighted by Gasteiger charge is -2.23. The van der Waals surface area contributed by atoms with Gasteiger partial charge in [0, 0.05) is 56.0 Å². The summed E-state index contributed by atoms with van der Waals surface area (Å²) in [6.07, 6.45) is 0. The van der Waals surface area contributed by atoms with Crippen LogP contribution in [0.1, 0.15) is 0 Å². The minimum absolute atomic E-state index is 0.867. The number of benzene rings is 8. The van der Waals surface area contributed by atoms with E-state index in [0.29, 0.717) is 0 Å². The predicted molar refractivity (Wildman–Crippen MR) is 204 cm³/mol. The molecule has 3 heteroatoms. The fourth-order valence-electron chi connectivity index (χ4n) is 8.20. The van der Waals surface area contributed by atoms with Crippen LogP contribution in [0.15, 0.2) is 170 Å². The second-order valence-corrected chi connectivity index (χ2v) is 12.9. The Balaban J connectivity index is 1.14. The Bertz CT molecular complexity index is 2950. The minimum Gasteiger partial charge on any atom is -0.456 e. The number of aromatic nitrogens is 2. The van der Waals surface area contributed by atoms with E-state index in [0.717, 1.165) is 39.3 Å². The maximum absolute atomic E-state index is 6.96. The first kappa shape index (κ1) is 26.5. The summed E-state index contributed by atoms with van der Waals surface area (Å²) in [5, 5.41) is 7.35. The van der Waals surface area contributed by atoms with Crippen molar-refractivity contribution in [2.45, 2.75) is 0 Å². The summed E-state index contributed by atoms with van der Waals surface area (Å²) in [7, 11) is 0. The number of fused-ring (bicyclic) bond motifs is 9. The number of ether oxygens (including phenoxy) is 1. The topological polar surface area (TPSA) is 19.1 Å². The van der Waals surface area contributed by atoms with Gasteiger partial charge in [-0.25, -0.2) is 0 Å². The van der Waals surface area contributed by atoms with Gasteiger partial charge in [-0.1, -0.05) is 109 Å². The molecule has 0 bridgehead atoms. The quantitative estimate of drug-likeness (QED) is 0.191. The largest absolute Gasteiger partial charge is 0.456 e. The van der Waals surface area contributed by atoms with Crippen molar-refractivity contribution in [2.24, 2.45) is 0 Å². The van der Waals surface area contributed by atoms with Gasteiger partial charge in [0.2, 0.25) is 0 Å². The van der Waals surface area contributed by atoms with Crippen LogP contribution in [-0.2, 0) is 0 Å². The normalized spacial score (nSPS) is 12.2. The van der Waals surface area contributed by atoms with E-state index < -0.39 is 0 Å². The molecule has 0 radical (unpaired) electrons. The van der Waals surface area contributed by atoms with E-state index in [1.54, 1.807) is 0 Å². The van der Waals surface area contributed by atoms with Crippen LogP contribution in [0.3, 0.4) is 0 Å². The molecule has 0 saturated heterocycles. The number of hydrogen-bond acceptors (Lipinski definition) is 1. The molecule has 0 fully saturated rings. The van der Waals surface area contributed by atoms with Gasteiger partial charge >= 0.3 is 0 Å². The van der Waals surface area contributed by atoms with E-state index in [9.17, 15) is 0 Å². The fourth-order valence-corrected chi connectivity index (χ4v) is 8.20. The summed E-state index contributed by atoms with van der Waals surface area (Å²) in [5.41, 5.74) is 11.6.